The van der Waals surface area contributed by atoms with Crippen LogP contribution in [0.3, 0.4) is 0 Å². The molecule has 2 fully saturated rings. The Bertz CT molecular complexity index is 786. The molecule has 7 nitrogen and oxygen atoms in total. The second-order valence-electron chi connectivity index (χ2n) is 12.1. The number of amides is 2. The van der Waals surface area contributed by atoms with E-state index in [0.717, 1.165) is 13.0 Å². The number of fused-ring (bicyclic) bond motifs is 1. The number of likely N-dealkylation sites (N-methyl/N-ethyl adjacent to an activating group) is 2. The Balaban J connectivity index is 2.21. The Labute approximate surface area is 213 Å². The first kappa shape index (κ1) is 29.3. The Morgan fingerprint density at radius 2 is 1.74 bits per heavy atom. The zero-order chi connectivity index (χ0) is 26.5. The van der Waals surface area contributed by atoms with Gasteiger partial charge in [-0.05, 0) is 56.9 Å². The predicted molar refractivity (Wildman–Crippen MR) is 140 cm³/mol. The van der Waals surface area contributed by atoms with E-state index in [1.807, 2.05) is 41.7 Å². The first-order valence-electron chi connectivity index (χ1n) is 13.4. The molecular formula is C28H49N3O4. The standard InChI is InChI=1S/C28H49N3O4/c1-10-35-27(34)19(4)15-22(18(2)3)31(9)26(33)24(28(5,6)7)29-25(32)23-16-20-13-11-12-14-21(20)17-30(23)8/h15,18,20-24H,10-14,16-17H2,1-9H3,(H,29,32)/b19-15+/t20?,21?,22-,23?,24-/m1/s1. The van der Waals surface area contributed by atoms with E-state index < -0.39 is 11.5 Å². The molecule has 1 aliphatic heterocycles. The summed E-state index contributed by atoms with van der Waals surface area (Å²) in [7, 11) is 3.79. The summed E-state index contributed by atoms with van der Waals surface area (Å²) < 4.78 is 5.12. The molecule has 0 bridgehead atoms. The minimum atomic E-state index is -0.671. The first-order chi connectivity index (χ1) is 16.3. The molecule has 1 N–H and O–H groups in total. The summed E-state index contributed by atoms with van der Waals surface area (Å²) in [6.45, 7) is 14.7. The number of hydrogen-bond acceptors (Lipinski definition) is 5. The lowest BCUT2D eigenvalue weighted by atomic mass is 9.73. The average molecular weight is 492 g/mol. The highest BCUT2D eigenvalue weighted by atomic mass is 16.5. The summed E-state index contributed by atoms with van der Waals surface area (Å²) in [6, 6.07) is -1.17. The quantitative estimate of drug-likeness (QED) is 0.410. The third-order valence-corrected chi connectivity index (χ3v) is 7.85. The number of nitrogens with one attached hydrogen (secondary N) is 1. The molecule has 0 aromatic carbocycles. The highest BCUT2D eigenvalue weighted by Gasteiger charge is 2.42. The monoisotopic (exact) mass is 491 g/mol. The van der Waals surface area contributed by atoms with E-state index in [1.54, 1.807) is 31.9 Å². The van der Waals surface area contributed by atoms with E-state index in [0.29, 0.717) is 24.0 Å². The number of rotatable bonds is 8. The van der Waals surface area contributed by atoms with Gasteiger partial charge >= 0.3 is 5.97 Å². The summed E-state index contributed by atoms with van der Waals surface area (Å²) >= 11 is 0. The van der Waals surface area contributed by atoms with Gasteiger partial charge in [0.25, 0.3) is 0 Å². The zero-order valence-electron chi connectivity index (χ0n) is 23.5. The minimum absolute atomic E-state index is 0.0578. The Kier molecular flexibility index (Phi) is 10.4. The molecule has 2 aliphatic rings. The molecule has 1 heterocycles. The molecule has 0 aromatic heterocycles. The molecule has 2 rings (SSSR count). The predicted octanol–water partition coefficient (Wildman–Crippen LogP) is 4.02. The van der Waals surface area contributed by atoms with Crippen LogP contribution >= 0.6 is 0 Å². The third kappa shape index (κ3) is 7.55. The molecule has 200 valence electrons. The normalized spacial score (nSPS) is 25.4. The number of esters is 1. The number of carbonyl (C=O) groups excluding carboxylic acids is 3. The van der Waals surface area contributed by atoms with E-state index in [4.69, 9.17) is 4.74 Å². The van der Waals surface area contributed by atoms with Crippen LogP contribution in [0.25, 0.3) is 0 Å². The van der Waals surface area contributed by atoms with Crippen LogP contribution in [0.2, 0.25) is 0 Å². The number of piperidine rings is 1. The lowest BCUT2D eigenvalue weighted by Crippen LogP contribution is -2.60. The summed E-state index contributed by atoms with van der Waals surface area (Å²) in [4.78, 5) is 43.3. The fraction of sp³-hybridized carbons (Fsp3) is 0.821. The zero-order valence-corrected chi connectivity index (χ0v) is 23.5. The van der Waals surface area contributed by atoms with Gasteiger partial charge in [0.1, 0.15) is 6.04 Å². The number of carbonyl (C=O) groups is 3. The minimum Gasteiger partial charge on any atom is -0.463 e. The van der Waals surface area contributed by atoms with E-state index >= 15 is 0 Å². The number of nitrogens with zero attached hydrogens (tertiary/aromatic N) is 2. The van der Waals surface area contributed by atoms with Crippen LogP contribution in [0.5, 0.6) is 0 Å². The van der Waals surface area contributed by atoms with Crippen molar-refractivity contribution in [3.8, 4) is 0 Å². The van der Waals surface area contributed by atoms with Crippen molar-refractivity contribution in [2.45, 2.75) is 98.7 Å². The van der Waals surface area contributed by atoms with Crippen molar-refractivity contribution in [1.82, 2.24) is 15.1 Å². The van der Waals surface area contributed by atoms with Crippen molar-refractivity contribution in [2.75, 3.05) is 27.2 Å². The van der Waals surface area contributed by atoms with Crippen LogP contribution in [0, 0.1) is 23.2 Å². The second kappa shape index (κ2) is 12.4. The third-order valence-electron chi connectivity index (χ3n) is 7.85. The maximum atomic E-state index is 13.8. The number of ether oxygens (including phenoxy) is 1. The molecule has 3 unspecified atom stereocenters. The van der Waals surface area contributed by atoms with Crippen LogP contribution in [0.4, 0.5) is 0 Å². The summed E-state index contributed by atoms with van der Waals surface area (Å²) in [6.07, 6.45) is 7.67. The van der Waals surface area contributed by atoms with Crippen LogP contribution in [-0.4, -0.2) is 73.0 Å². The SMILES string of the molecule is CCOC(=O)/C(C)=C/[C@H](C(C)C)N(C)C(=O)[C@@H](NC(=O)C1CC2CCCCC2CN1C)C(C)(C)C. The smallest absolute Gasteiger partial charge is 0.333 e. The molecule has 1 saturated heterocycles. The van der Waals surface area contributed by atoms with E-state index in [2.05, 4.69) is 10.2 Å². The molecule has 0 radical (unpaired) electrons. The highest BCUT2D eigenvalue weighted by Crippen LogP contribution is 2.38. The molecule has 5 atom stereocenters. The van der Waals surface area contributed by atoms with Crippen LogP contribution in [-0.2, 0) is 19.1 Å². The molecule has 1 saturated carbocycles. The van der Waals surface area contributed by atoms with Crippen molar-refractivity contribution in [2.24, 2.45) is 23.2 Å². The van der Waals surface area contributed by atoms with Crippen LogP contribution in [0.1, 0.15) is 80.6 Å². The van der Waals surface area contributed by atoms with Gasteiger partial charge in [0.05, 0.1) is 18.7 Å². The maximum Gasteiger partial charge on any atom is 0.333 e. The van der Waals surface area contributed by atoms with E-state index in [9.17, 15) is 14.4 Å². The lowest BCUT2D eigenvalue weighted by Gasteiger charge is -2.45. The topological polar surface area (TPSA) is 79.0 Å². The molecular weight excluding hydrogens is 442 g/mol. The first-order valence-corrected chi connectivity index (χ1v) is 13.4. The van der Waals surface area contributed by atoms with Gasteiger partial charge < -0.3 is 15.0 Å². The Morgan fingerprint density at radius 3 is 2.29 bits per heavy atom. The Morgan fingerprint density at radius 1 is 1.14 bits per heavy atom. The summed E-state index contributed by atoms with van der Waals surface area (Å²) in [5.41, 5.74) is 0.00988. The average Bonchev–Trinajstić information content (AvgIpc) is 2.78. The van der Waals surface area contributed by atoms with E-state index in [1.165, 1.54) is 25.7 Å². The van der Waals surface area contributed by atoms with Gasteiger partial charge in [-0.1, -0.05) is 60.0 Å². The lowest BCUT2D eigenvalue weighted by molar-refractivity contribution is -0.142. The van der Waals surface area contributed by atoms with Gasteiger partial charge in [-0.15, -0.1) is 0 Å². The molecule has 2 amide bonds. The maximum absolute atomic E-state index is 13.8. The summed E-state index contributed by atoms with van der Waals surface area (Å²) in [5, 5.41) is 3.14. The fourth-order valence-electron chi connectivity index (χ4n) is 5.66. The Hall–Kier alpha value is -1.89. The van der Waals surface area contributed by atoms with Crippen molar-refractivity contribution < 1.29 is 19.1 Å². The van der Waals surface area contributed by atoms with Gasteiger partial charge in [0.2, 0.25) is 11.8 Å². The fourth-order valence-corrected chi connectivity index (χ4v) is 5.66. The van der Waals surface area contributed by atoms with Crippen molar-refractivity contribution in [3.63, 3.8) is 0 Å². The molecule has 0 spiro atoms. The molecule has 7 heteroatoms. The van der Waals surface area contributed by atoms with Gasteiger partial charge in [-0.2, -0.15) is 0 Å². The van der Waals surface area contributed by atoms with Crippen molar-refractivity contribution in [3.05, 3.63) is 11.6 Å². The van der Waals surface area contributed by atoms with Crippen molar-refractivity contribution in [1.29, 1.82) is 0 Å². The van der Waals surface area contributed by atoms with Gasteiger partial charge in [0, 0.05) is 19.2 Å². The number of likely N-dealkylation sites (tertiary alicyclic amines) is 1. The highest BCUT2D eigenvalue weighted by molar-refractivity contribution is 5.91. The second-order valence-corrected chi connectivity index (χ2v) is 12.1. The van der Waals surface area contributed by atoms with Gasteiger partial charge in [-0.25, -0.2) is 4.79 Å². The molecule has 35 heavy (non-hydrogen) atoms. The van der Waals surface area contributed by atoms with Gasteiger partial charge in [-0.3, -0.25) is 14.5 Å². The summed E-state index contributed by atoms with van der Waals surface area (Å²) in [5.74, 6) is 0.788. The van der Waals surface area contributed by atoms with Crippen LogP contribution in [0.15, 0.2) is 11.6 Å². The largest absolute Gasteiger partial charge is 0.463 e. The molecule has 0 aromatic rings. The van der Waals surface area contributed by atoms with E-state index in [-0.39, 0.29) is 35.8 Å². The number of hydrogen-bond donors (Lipinski definition) is 1. The van der Waals surface area contributed by atoms with Crippen molar-refractivity contribution >= 4 is 17.8 Å². The van der Waals surface area contributed by atoms with Crippen LogP contribution < -0.4 is 5.32 Å². The van der Waals surface area contributed by atoms with Gasteiger partial charge in [0.15, 0.2) is 0 Å². The molecule has 1 aliphatic carbocycles.